The van der Waals surface area contributed by atoms with Crippen molar-refractivity contribution in [1.82, 2.24) is 0 Å². The quantitative estimate of drug-likeness (QED) is 0.854. The van der Waals surface area contributed by atoms with Crippen molar-refractivity contribution in [2.24, 2.45) is 0 Å². The van der Waals surface area contributed by atoms with Gasteiger partial charge in [-0.15, -0.1) is 0 Å². The average molecular weight is 233 g/mol. The molecule has 1 fully saturated rings. The topological polar surface area (TPSA) is 21.3 Å². The zero-order valence-corrected chi connectivity index (χ0v) is 11.1. The van der Waals surface area contributed by atoms with Crippen LogP contribution in [-0.2, 0) is 4.74 Å². The summed E-state index contributed by atoms with van der Waals surface area (Å²) in [6.45, 7) is 7.51. The third-order valence-electron chi connectivity index (χ3n) is 3.43. The second kappa shape index (κ2) is 5.54. The third kappa shape index (κ3) is 3.47. The Labute approximate surface area is 104 Å². The molecule has 17 heavy (non-hydrogen) atoms. The fourth-order valence-corrected chi connectivity index (χ4v) is 2.25. The molecule has 0 amide bonds. The van der Waals surface area contributed by atoms with Crippen LogP contribution in [0.2, 0.25) is 0 Å². The van der Waals surface area contributed by atoms with Crippen LogP contribution in [0, 0.1) is 0 Å². The number of anilines is 1. The second-order valence-electron chi connectivity index (χ2n) is 5.30. The molecule has 0 radical (unpaired) electrons. The zero-order chi connectivity index (χ0) is 12.3. The van der Waals surface area contributed by atoms with Crippen molar-refractivity contribution in [1.29, 1.82) is 0 Å². The first-order valence-electron chi connectivity index (χ1n) is 6.64. The Kier molecular flexibility index (Phi) is 4.06. The van der Waals surface area contributed by atoms with Gasteiger partial charge in [0.25, 0.3) is 0 Å². The number of ether oxygens (including phenoxy) is 1. The Morgan fingerprint density at radius 1 is 1.24 bits per heavy atom. The Morgan fingerprint density at radius 3 is 2.47 bits per heavy atom. The standard InChI is InChI=1S/C15H23NO/c1-11(2)13-5-7-14(8-6-13)16-10-15-9-4-12(3)17-15/h5-8,11-12,15-16H,4,9-10H2,1-3H3. The SMILES string of the molecule is CC1CCC(CNc2ccc(C(C)C)cc2)O1. The Bertz CT molecular complexity index is 344. The summed E-state index contributed by atoms with van der Waals surface area (Å²) in [5.74, 6) is 0.600. The highest BCUT2D eigenvalue weighted by Gasteiger charge is 2.21. The van der Waals surface area contributed by atoms with Crippen molar-refractivity contribution in [3.8, 4) is 0 Å². The summed E-state index contributed by atoms with van der Waals surface area (Å²) >= 11 is 0. The molecule has 1 aromatic rings. The highest BCUT2D eigenvalue weighted by molar-refractivity contribution is 5.45. The number of hydrogen-bond donors (Lipinski definition) is 1. The van der Waals surface area contributed by atoms with Crippen LogP contribution in [0.1, 0.15) is 45.1 Å². The van der Waals surface area contributed by atoms with Crippen LogP contribution in [0.3, 0.4) is 0 Å². The molecule has 1 aliphatic heterocycles. The van der Waals surface area contributed by atoms with Gasteiger partial charge in [-0.3, -0.25) is 0 Å². The minimum absolute atomic E-state index is 0.384. The monoisotopic (exact) mass is 233 g/mol. The van der Waals surface area contributed by atoms with Crippen molar-refractivity contribution in [2.75, 3.05) is 11.9 Å². The van der Waals surface area contributed by atoms with Gasteiger partial charge in [0.15, 0.2) is 0 Å². The number of rotatable bonds is 4. The predicted molar refractivity (Wildman–Crippen MR) is 72.6 cm³/mol. The average Bonchev–Trinajstić information content (AvgIpc) is 2.73. The summed E-state index contributed by atoms with van der Waals surface area (Å²) in [6.07, 6.45) is 3.19. The van der Waals surface area contributed by atoms with Crippen LogP contribution in [0.4, 0.5) is 5.69 Å². The summed E-state index contributed by atoms with van der Waals surface area (Å²) in [6, 6.07) is 8.72. The molecule has 1 aliphatic rings. The van der Waals surface area contributed by atoms with E-state index < -0.39 is 0 Å². The molecule has 2 atom stereocenters. The molecule has 2 heteroatoms. The van der Waals surface area contributed by atoms with Crippen molar-refractivity contribution in [3.63, 3.8) is 0 Å². The lowest BCUT2D eigenvalue weighted by Crippen LogP contribution is -2.19. The van der Waals surface area contributed by atoms with Crippen molar-refractivity contribution >= 4 is 5.69 Å². The van der Waals surface area contributed by atoms with Crippen LogP contribution in [0.15, 0.2) is 24.3 Å². The van der Waals surface area contributed by atoms with Gasteiger partial charge in [-0.05, 0) is 43.4 Å². The van der Waals surface area contributed by atoms with E-state index in [-0.39, 0.29) is 0 Å². The van der Waals surface area contributed by atoms with E-state index in [2.05, 4.69) is 50.4 Å². The minimum Gasteiger partial charge on any atom is -0.382 e. The molecule has 0 saturated carbocycles. The molecule has 1 aromatic carbocycles. The van der Waals surface area contributed by atoms with E-state index in [0.29, 0.717) is 18.1 Å². The molecule has 0 aliphatic carbocycles. The number of benzene rings is 1. The third-order valence-corrected chi connectivity index (χ3v) is 3.43. The maximum Gasteiger partial charge on any atom is 0.0751 e. The first kappa shape index (κ1) is 12.4. The van der Waals surface area contributed by atoms with Crippen LogP contribution in [0.5, 0.6) is 0 Å². The van der Waals surface area contributed by atoms with Gasteiger partial charge in [-0.1, -0.05) is 26.0 Å². The summed E-state index contributed by atoms with van der Waals surface area (Å²) in [5.41, 5.74) is 2.58. The Balaban J connectivity index is 1.83. The molecule has 0 aromatic heterocycles. The van der Waals surface area contributed by atoms with Crippen LogP contribution in [0.25, 0.3) is 0 Å². The second-order valence-corrected chi connectivity index (χ2v) is 5.30. The fraction of sp³-hybridized carbons (Fsp3) is 0.600. The minimum atomic E-state index is 0.384. The van der Waals surface area contributed by atoms with Crippen LogP contribution in [-0.4, -0.2) is 18.8 Å². The van der Waals surface area contributed by atoms with Crippen LogP contribution < -0.4 is 5.32 Å². The first-order chi connectivity index (χ1) is 8.15. The van der Waals surface area contributed by atoms with Gasteiger partial charge in [0.05, 0.1) is 12.2 Å². The molecule has 0 bridgehead atoms. The molecule has 2 rings (SSSR count). The molecule has 94 valence electrons. The highest BCUT2D eigenvalue weighted by Crippen LogP contribution is 2.21. The van der Waals surface area contributed by atoms with Crippen molar-refractivity contribution in [2.45, 2.75) is 51.7 Å². The summed E-state index contributed by atoms with van der Waals surface area (Å²) in [7, 11) is 0. The maximum absolute atomic E-state index is 5.78. The smallest absolute Gasteiger partial charge is 0.0751 e. The van der Waals surface area contributed by atoms with E-state index in [1.807, 2.05) is 0 Å². The van der Waals surface area contributed by atoms with E-state index in [0.717, 1.165) is 6.54 Å². The normalized spacial score (nSPS) is 24.2. The van der Waals surface area contributed by atoms with Crippen molar-refractivity contribution < 1.29 is 4.74 Å². The summed E-state index contributed by atoms with van der Waals surface area (Å²) in [4.78, 5) is 0. The first-order valence-corrected chi connectivity index (χ1v) is 6.64. The van der Waals surface area contributed by atoms with Crippen LogP contribution >= 0.6 is 0 Å². The molecule has 2 nitrogen and oxygen atoms in total. The molecular formula is C15H23NO. The van der Waals surface area contributed by atoms with E-state index in [9.17, 15) is 0 Å². The van der Waals surface area contributed by atoms with E-state index in [4.69, 9.17) is 4.74 Å². The molecule has 0 spiro atoms. The van der Waals surface area contributed by atoms with Gasteiger partial charge < -0.3 is 10.1 Å². The van der Waals surface area contributed by atoms with Gasteiger partial charge in [0.1, 0.15) is 0 Å². The summed E-state index contributed by atoms with van der Waals surface area (Å²) in [5, 5.41) is 3.45. The van der Waals surface area contributed by atoms with E-state index >= 15 is 0 Å². The maximum atomic E-state index is 5.78. The predicted octanol–water partition coefficient (Wildman–Crippen LogP) is 3.79. The van der Waals surface area contributed by atoms with Gasteiger partial charge in [-0.2, -0.15) is 0 Å². The van der Waals surface area contributed by atoms with Gasteiger partial charge in [0, 0.05) is 12.2 Å². The molecular weight excluding hydrogens is 210 g/mol. The lowest BCUT2D eigenvalue weighted by atomic mass is 10.0. The molecule has 2 unspecified atom stereocenters. The van der Waals surface area contributed by atoms with E-state index in [1.165, 1.54) is 24.1 Å². The lowest BCUT2D eigenvalue weighted by molar-refractivity contribution is 0.0637. The lowest BCUT2D eigenvalue weighted by Gasteiger charge is -2.14. The van der Waals surface area contributed by atoms with Gasteiger partial charge in [-0.25, -0.2) is 0 Å². The molecule has 1 N–H and O–H groups in total. The molecule has 1 saturated heterocycles. The largest absolute Gasteiger partial charge is 0.382 e. The number of hydrogen-bond acceptors (Lipinski definition) is 2. The summed E-state index contributed by atoms with van der Waals surface area (Å²) < 4.78 is 5.78. The highest BCUT2D eigenvalue weighted by atomic mass is 16.5. The Hall–Kier alpha value is -1.02. The molecule has 1 heterocycles. The van der Waals surface area contributed by atoms with Gasteiger partial charge >= 0.3 is 0 Å². The van der Waals surface area contributed by atoms with Crippen molar-refractivity contribution in [3.05, 3.63) is 29.8 Å². The number of nitrogens with one attached hydrogen (secondary N) is 1. The zero-order valence-electron chi connectivity index (χ0n) is 11.1. The van der Waals surface area contributed by atoms with E-state index in [1.54, 1.807) is 0 Å². The fourth-order valence-electron chi connectivity index (χ4n) is 2.25. The Morgan fingerprint density at radius 2 is 1.94 bits per heavy atom. The van der Waals surface area contributed by atoms with Gasteiger partial charge in [0.2, 0.25) is 0 Å².